The molecule has 0 radical (unpaired) electrons. The molecule has 0 aromatic heterocycles. The lowest BCUT2D eigenvalue weighted by molar-refractivity contribution is -0.128. The summed E-state index contributed by atoms with van der Waals surface area (Å²) in [6.07, 6.45) is 3.04. The molecule has 1 N–H and O–H groups in total. The van der Waals surface area contributed by atoms with E-state index in [4.69, 9.17) is 0 Å². The molecule has 2 fully saturated rings. The first kappa shape index (κ1) is 18.2. The number of nitrogens with zero attached hydrogens (tertiary/aromatic N) is 2. The van der Waals surface area contributed by atoms with Gasteiger partial charge in [0.2, 0.25) is 11.8 Å². The number of hydrogen-bond acceptors (Lipinski definition) is 3. The minimum atomic E-state index is -0.186. The van der Waals surface area contributed by atoms with Gasteiger partial charge in [0.1, 0.15) is 0 Å². The molecule has 2 aromatic carbocycles. The summed E-state index contributed by atoms with van der Waals surface area (Å²) in [7, 11) is 0. The molecule has 0 aliphatic carbocycles. The Morgan fingerprint density at radius 2 is 1.54 bits per heavy atom. The van der Waals surface area contributed by atoms with Crippen molar-refractivity contribution in [3.63, 3.8) is 0 Å². The van der Waals surface area contributed by atoms with Crippen molar-refractivity contribution in [2.24, 2.45) is 0 Å². The predicted molar refractivity (Wildman–Crippen MR) is 107 cm³/mol. The van der Waals surface area contributed by atoms with Crippen molar-refractivity contribution < 1.29 is 14.4 Å². The third-order valence-electron chi connectivity index (χ3n) is 5.27. The Balaban J connectivity index is 1.36. The van der Waals surface area contributed by atoms with Crippen molar-refractivity contribution >= 4 is 29.1 Å². The fourth-order valence-electron chi connectivity index (χ4n) is 3.70. The lowest BCUT2D eigenvalue weighted by Crippen LogP contribution is -2.23. The SMILES string of the molecule is O=C(Nc1ccc(N2CCCC2=O)cc1)c1ccc(CN2CCCC2=O)cc1. The van der Waals surface area contributed by atoms with Crippen LogP contribution in [0.4, 0.5) is 11.4 Å². The summed E-state index contributed by atoms with van der Waals surface area (Å²) < 4.78 is 0. The number of carbonyl (C=O) groups excluding carboxylic acids is 3. The van der Waals surface area contributed by atoms with E-state index in [-0.39, 0.29) is 17.7 Å². The lowest BCUT2D eigenvalue weighted by Gasteiger charge is -2.16. The van der Waals surface area contributed by atoms with Crippen molar-refractivity contribution in [3.8, 4) is 0 Å². The van der Waals surface area contributed by atoms with Crippen LogP contribution in [0.3, 0.4) is 0 Å². The standard InChI is InChI=1S/C22H23N3O3/c26-20-3-1-13-24(20)15-16-5-7-17(8-6-16)22(28)23-18-9-11-19(12-10-18)25-14-2-4-21(25)27/h5-12H,1-4,13-15H2,(H,23,28). The molecule has 0 bridgehead atoms. The van der Waals surface area contributed by atoms with Crippen molar-refractivity contribution in [2.45, 2.75) is 32.2 Å². The van der Waals surface area contributed by atoms with E-state index in [2.05, 4.69) is 5.32 Å². The molecule has 2 aliphatic rings. The number of anilines is 2. The normalized spacial score (nSPS) is 16.7. The van der Waals surface area contributed by atoms with Crippen LogP contribution >= 0.6 is 0 Å². The van der Waals surface area contributed by atoms with Gasteiger partial charge >= 0.3 is 0 Å². The largest absolute Gasteiger partial charge is 0.338 e. The summed E-state index contributed by atoms with van der Waals surface area (Å²) in [5.41, 5.74) is 3.13. The highest BCUT2D eigenvalue weighted by molar-refractivity contribution is 6.04. The maximum absolute atomic E-state index is 12.5. The number of likely N-dealkylation sites (tertiary alicyclic amines) is 1. The smallest absolute Gasteiger partial charge is 0.255 e. The molecule has 4 rings (SSSR count). The van der Waals surface area contributed by atoms with Gasteiger partial charge in [-0.1, -0.05) is 12.1 Å². The van der Waals surface area contributed by atoms with E-state index in [9.17, 15) is 14.4 Å². The zero-order chi connectivity index (χ0) is 19.5. The van der Waals surface area contributed by atoms with Gasteiger partial charge in [-0.05, 0) is 54.8 Å². The van der Waals surface area contributed by atoms with E-state index in [0.29, 0.717) is 30.6 Å². The lowest BCUT2D eigenvalue weighted by atomic mass is 10.1. The number of benzene rings is 2. The van der Waals surface area contributed by atoms with Crippen molar-refractivity contribution in [1.82, 2.24) is 4.90 Å². The van der Waals surface area contributed by atoms with Crippen LogP contribution in [0, 0.1) is 0 Å². The molecule has 0 spiro atoms. The van der Waals surface area contributed by atoms with Crippen LogP contribution in [0.15, 0.2) is 48.5 Å². The second kappa shape index (κ2) is 7.84. The molecule has 0 unspecified atom stereocenters. The van der Waals surface area contributed by atoms with Crippen molar-refractivity contribution in [2.75, 3.05) is 23.3 Å². The van der Waals surface area contributed by atoms with E-state index in [1.807, 2.05) is 41.3 Å². The Labute approximate surface area is 164 Å². The minimum absolute atomic E-state index is 0.146. The molecule has 28 heavy (non-hydrogen) atoms. The number of nitrogens with one attached hydrogen (secondary N) is 1. The fraction of sp³-hybridized carbons (Fsp3) is 0.318. The molecular formula is C22H23N3O3. The van der Waals surface area contributed by atoms with Gasteiger partial charge in [0.25, 0.3) is 5.91 Å². The van der Waals surface area contributed by atoms with Crippen molar-refractivity contribution in [3.05, 3.63) is 59.7 Å². The van der Waals surface area contributed by atoms with Crippen LogP contribution < -0.4 is 10.2 Å². The highest BCUT2D eigenvalue weighted by Gasteiger charge is 2.22. The fourth-order valence-corrected chi connectivity index (χ4v) is 3.70. The third-order valence-corrected chi connectivity index (χ3v) is 5.27. The summed E-state index contributed by atoms with van der Waals surface area (Å²) in [6, 6.07) is 14.7. The Kier molecular flexibility index (Phi) is 5.10. The number of rotatable bonds is 5. The Morgan fingerprint density at radius 3 is 2.14 bits per heavy atom. The molecule has 2 aromatic rings. The summed E-state index contributed by atoms with van der Waals surface area (Å²) in [4.78, 5) is 39.6. The van der Waals surface area contributed by atoms with Crippen LogP contribution in [0.5, 0.6) is 0 Å². The van der Waals surface area contributed by atoms with E-state index in [1.54, 1.807) is 17.0 Å². The molecule has 144 valence electrons. The van der Waals surface area contributed by atoms with Crippen molar-refractivity contribution in [1.29, 1.82) is 0 Å². The molecule has 0 saturated carbocycles. The third kappa shape index (κ3) is 3.91. The second-order valence-electron chi connectivity index (χ2n) is 7.27. The molecule has 2 heterocycles. The highest BCUT2D eigenvalue weighted by atomic mass is 16.2. The number of carbonyl (C=O) groups is 3. The summed E-state index contributed by atoms with van der Waals surface area (Å²) in [5, 5.41) is 2.88. The molecule has 6 nitrogen and oxygen atoms in total. The molecule has 3 amide bonds. The summed E-state index contributed by atoms with van der Waals surface area (Å²) in [6.45, 7) is 2.15. The summed E-state index contributed by atoms with van der Waals surface area (Å²) in [5.74, 6) is 0.155. The maximum Gasteiger partial charge on any atom is 0.255 e. The van der Waals surface area contributed by atoms with E-state index >= 15 is 0 Å². The van der Waals surface area contributed by atoms with E-state index < -0.39 is 0 Å². The topological polar surface area (TPSA) is 69.7 Å². The first-order valence-corrected chi connectivity index (χ1v) is 9.69. The van der Waals surface area contributed by atoms with Crippen LogP contribution in [0.25, 0.3) is 0 Å². The molecule has 2 saturated heterocycles. The molecule has 0 atom stereocenters. The van der Waals surface area contributed by atoms with Crippen LogP contribution in [0.1, 0.15) is 41.6 Å². The number of hydrogen-bond donors (Lipinski definition) is 1. The molecule has 2 aliphatic heterocycles. The number of amides is 3. The second-order valence-corrected chi connectivity index (χ2v) is 7.27. The van der Waals surface area contributed by atoms with Crippen LogP contribution in [-0.2, 0) is 16.1 Å². The maximum atomic E-state index is 12.5. The van der Waals surface area contributed by atoms with Crippen LogP contribution in [-0.4, -0.2) is 35.7 Å². The van der Waals surface area contributed by atoms with Gasteiger partial charge < -0.3 is 15.1 Å². The Bertz CT molecular complexity index is 890. The van der Waals surface area contributed by atoms with Gasteiger partial charge in [0.15, 0.2) is 0 Å². The Morgan fingerprint density at radius 1 is 0.857 bits per heavy atom. The van der Waals surface area contributed by atoms with Gasteiger partial charge in [-0.25, -0.2) is 0 Å². The van der Waals surface area contributed by atoms with Crippen LogP contribution in [0.2, 0.25) is 0 Å². The zero-order valence-corrected chi connectivity index (χ0v) is 15.7. The van der Waals surface area contributed by atoms with Gasteiger partial charge in [0.05, 0.1) is 0 Å². The average Bonchev–Trinajstić information content (AvgIpc) is 3.31. The molecular weight excluding hydrogens is 354 g/mol. The van der Waals surface area contributed by atoms with Gasteiger partial charge in [-0.2, -0.15) is 0 Å². The molecule has 6 heteroatoms. The van der Waals surface area contributed by atoms with E-state index in [0.717, 1.165) is 37.2 Å². The van der Waals surface area contributed by atoms with Gasteiger partial charge in [0, 0.05) is 49.4 Å². The summed E-state index contributed by atoms with van der Waals surface area (Å²) >= 11 is 0. The first-order chi connectivity index (χ1) is 13.6. The van der Waals surface area contributed by atoms with Gasteiger partial charge in [-0.15, -0.1) is 0 Å². The minimum Gasteiger partial charge on any atom is -0.338 e. The predicted octanol–water partition coefficient (Wildman–Crippen LogP) is 3.19. The highest BCUT2D eigenvalue weighted by Crippen LogP contribution is 2.23. The average molecular weight is 377 g/mol. The monoisotopic (exact) mass is 377 g/mol. The van der Waals surface area contributed by atoms with Gasteiger partial charge in [-0.3, -0.25) is 14.4 Å². The first-order valence-electron chi connectivity index (χ1n) is 9.69. The Hall–Kier alpha value is -3.15. The quantitative estimate of drug-likeness (QED) is 0.870. The van der Waals surface area contributed by atoms with E-state index in [1.165, 1.54) is 0 Å². The zero-order valence-electron chi connectivity index (χ0n) is 15.7.